The molecule has 0 N–H and O–H groups in total. The predicted octanol–water partition coefficient (Wildman–Crippen LogP) is 12.7. The molecule has 0 saturated carbocycles. The van der Waals surface area contributed by atoms with Crippen LogP contribution in [0.1, 0.15) is 55.4 Å². The van der Waals surface area contributed by atoms with Crippen LogP contribution >= 0.6 is 0 Å². The van der Waals surface area contributed by atoms with Crippen molar-refractivity contribution in [1.82, 2.24) is 0 Å². The monoisotopic (exact) mass is 500 g/mol. The Bertz CT molecular complexity index is 1450. The molecule has 0 aromatic heterocycles. The van der Waals surface area contributed by atoms with Crippen LogP contribution in [0.5, 0.6) is 0 Å². The normalized spacial score (nSPS) is 9.58. The summed E-state index contributed by atoms with van der Waals surface area (Å²) in [6, 6.07) is 43.2. The van der Waals surface area contributed by atoms with Crippen molar-refractivity contribution in [3.05, 3.63) is 121 Å². The van der Waals surface area contributed by atoms with Crippen molar-refractivity contribution in [2.75, 3.05) is 0 Å². The zero-order chi connectivity index (χ0) is 27.9. The lowest BCUT2D eigenvalue weighted by molar-refractivity contribution is 1.50. The van der Waals surface area contributed by atoms with Crippen LogP contribution in [0.25, 0.3) is 53.9 Å². The van der Waals surface area contributed by atoms with Gasteiger partial charge in [0.25, 0.3) is 0 Å². The van der Waals surface area contributed by atoms with Crippen LogP contribution in [0.2, 0.25) is 0 Å². The quantitative estimate of drug-likeness (QED) is 0.182. The third-order valence-electron chi connectivity index (χ3n) is 6.05. The Morgan fingerprint density at radius 1 is 0.237 bits per heavy atom. The van der Waals surface area contributed by atoms with Crippen LogP contribution < -0.4 is 0 Å². The first-order valence-electron chi connectivity index (χ1n) is 14.4. The first-order chi connectivity index (χ1) is 18.9. The first-order valence-corrected chi connectivity index (χ1v) is 14.4. The molecule has 7 rings (SSSR count). The van der Waals surface area contributed by atoms with E-state index in [1.807, 2.05) is 55.4 Å². The Balaban J connectivity index is 0.000000213. The van der Waals surface area contributed by atoms with Gasteiger partial charge in [0.1, 0.15) is 0 Å². The van der Waals surface area contributed by atoms with E-state index in [9.17, 15) is 0 Å². The molecule has 0 bridgehead atoms. The number of hydrogen-bond acceptors (Lipinski definition) is 0. The smallest absolute Gasteiger partial charge is 0.00268 e. The third kappa shape index (κ3) is 6.50. The van der Waals surface area contributed by atoms with Gasteiger partial charge in [0, 0.05) is 0 Å². The highest BCUT2D eigenvalue weighted by Crippen LogP contribution is 2.33. The second-order valence-corrected chi connectivity index (χ2v) is 7.80. The van der Waals surface area contributed by atoms with E-state index in [4.69, 9.17) is 0 Å². The Labute approximate surface area is 230 Å². The Morgan fingerprint density at radius 2 is 0.474 bits per heavy atom. The highest BCUT2D eigenvalue weighted by molar-refractivity contribution is 6.22. The van der Waals surface area contributed by atoms with Gasteiger partial charge in [0.15, 0.2) is 0 Å². The maximum atomic E-state index is 2.21. The molecule has 38 heavy (non-hydrogen) atoms. The summed E-state index contributed by atoms with van der Waals surface area (Å²) in [5.41, 5.74) is 0. The molecule has 0 heterocycles. The largest absolute Gasteiger partial charge is 0.0683 e. The molecule has 0 aliphatic heterocycles. The molecule has 0 saturated heterocycles. The molecule has 0 aliphatic rings. The molecular weight excluding hydrogens is 456 g/mol. The summed E-state index contributed by atoms with van der Waals surface area (Å²) in [7, 11) is 0. The van der Waals surface area contributed by atoms with E-state index in [0.29, 0.717) is 0 Å². The summed E-state index contributed by atoms with van der Waals surface area (Å²) < 4.78 is 0. The van der Waals surface area contributed by atoms with Crippen molar-refractivity contribution in [2.24, 2.45) is 0 Å². The van der Waals surface area contributed by atoms with Gasteiger partial charge >= 0.3 is 0 Å². The SMILES string of the molecule is CC.CC.CC.CC.c1cc2ccc3cccc4ccc(c1)c2c34.c1ccc2c(c1)ccc1ccccc12. The van der Waals surface area contributed by atoms with Crippen molar-refractivity contribution < 1.29 is 0 Å². The van der Waals surface area contributed by atoms with Gasteiger partial charge in [-0.1, -0.05) is 177 Å². The molecule has 0 atom stereocenters. The molecule has 0 heteroatoms. The molecule has 0 spiro atoms. The minimum absolute atomic E-state index is 1.31. The van der Waals surface area contributed by atoms with Crippen LogP contribution in [0, 0.1) is 0 Å². The molecule has 7 aromatic rings. The summed E-state index contributed by atoms with van der Waals surface area (Å²) in [5, 5.41) is 13.4. The molecule has 0 aliphatic carbocycles. The fourth-order valence-corrected chi connectivity index (χ4v) is 4.62. The Kier molecular flexibility index (Phi) is 12.8. The van der Waals surface area contributed by atoms with E-state index >= 15 is 0 Å². The first kappa shape index (κ1) is 30.3. The van der Waals surface area contributed by atoms with E-state index in [1.165, 1.54) is 53.9 Å². The van der Waals surface area contributed by atoms with Crippen LogP contribution in [0.4, 0.5) is 0 Å². The molecule has 196 valence electrons. The highest BCUT2D eigenvalue weighted by atomic mass is 14.1. The van der Waals surface area contributed by atoms with Crippen LogP contribution in [-0.2, 0) is 0 Å². The number of rotatable bonds is 0. The van der Waals surface area contributed by atoms with Crippen molar-refractivity contribution in [2.45, 2.75) is 55.4 Å². The molecular formula is C38H44. The van der Waals surface area contributed by atoms with Crippen LogP contribution in [0.3, 0.4) is 0 Å². The van der Waals surface area contributed by atoms with Gasteiger partial charge in [-0.2, -0.15) is 0 Å². The summed E-state index contributed by atoms with van der Waals surface area (Å²) in [6.45, 7) is 16.0. The van der Waals surface area contributed by atoms with Crippen LogP contribution in [-0.4, -0.2) is 0 Å². The second-order valence-electron chi connectivity index (χ2n) is 7.80. The lowest BCUT2D eigenvalue weighted by Crippen LogP contribution is -1.82. The molecule has 0 radical (unpaired) electrons. The van der Waals surface area contributed by atoms with E-state index < -0.39 is 0 Å². The van der Waals surface area contributed by atoms with E-state index in [0.717, 1.165) is 0 Å². The maximum absolute atomic E-state index is 2.21. The van der Waals surface area contributed by atoms with Crippen molar-refractivity contribution >= 4 is 53.9 Å². The zero-order valence-corrected chi connectivity index (χ0v) is 24.5. The summed E-state index contributed by atoms with van der Waals surface area (Å²) in [4.78, 5) is 0. The van der Waals surface area contributed by atoms with Gasteiger partial charge in [0.05, 0.1) is 0 Å². The average molecular weight is 501 g/mol. The third-order valence-corrected chi connectivity index (χ3v) is 6.05. The van der Waals surface area contributed by atoms with Crippen LogP contribution in [0.15, 0.2) is 121 Å². The maximum Gasteiger partial charge on any atom is -0.00268 e. The van der Waals surface area contributed by atoms with E-state index in [1.54, 1.807) is 0 Å². The lowest BCUT2D eigenvalue weighted by Gasteiger charge is -2.09. The molecule has 0 nitrogen and oxygen atoms in total. The zero-order valence-electron chi connectivity index (χ0n) is 24.5. The van der Waals surface area contributed by atoms with Gasteiger partial charge in [-0.3, -0.25) is 0 Å². The van der Waals surface area contributed by atoms with Gasteiger partial charge < -0.3 is 0 Å². The molecule has 0 unspecified atom stereocenters. The van der Waals surface area contributed by atoms with Gasteiger partial charge in [-0.05, 0) is 53.9 Å². The minimum Gasteiger partial charge on any atom is -0.0683 e. The lowest BCUT2D eigenvalue weighted by atomic mass is 9.95. The van der Waals surface area contributed by atoms with Gasteiger partial charge in [-0.15, -0.1) is 0 Å². The average Bonchev–Trinajstić information content (AvgIpc) is 3.04. The molecule has 0 fully saturated rings. The number of fused-ring (bicyclic) bond motifs is 3. The van der Waals surface area contributed by atoms with Gasteiger partial charge in [-0.25, -0.2) is 0 Å². The number of hydrogen-bond donors (Lipinski definition) is 0. The van der Waals surface area contributed by atoms with E-state index in [2.05, 4.69) is 121 Å². The highest BCUT2D eigenvalue weighted by Gasteiger charge is 2.06. The van der Waals surface area contributed by atoms with Crippen molar-refractivity contribution in [3.8, 4) is 0 Å². The standard InChI is InChI=1S/C16H10.C14H10.4C2H6/c1-3-11-7-9-13-5-2-6-14-10-8-12(4-1)15(11)16(13)14;1-3-7-13-11(5-1)9-10-12-6-2-4-8-14(12)13;4*1-2/h1-10H;1-10H;4*1-2H3. The van der Waals surface area contributed by atoms with E-state index in [-0.39, 0.29) is 0 Å². The summed E-state index contributed by atoms with van der Waals surface area (Å²) in [6.07, 6.45) is 0. The summed E-state index contributed by atoms with van der Waals surface area (Å²) in [5.74, 6) is 0. The second kappa shape index (κ2) is 16.0. The van der Waals surface area contributed by atoms with Crippen molar-refractivity contribution in [3.63, 3.8) is 0 Å². The Morgan fingerprint density at radius 3 is 0.789 bits per heavy atom. The topological polar surface area (TPSA) is 0 Å². The van der Waals surface area contributed by atoms with Crippen molar-refractivity contribution in [1.29, 1.82) is 0 Å². The summed E-state index contributed by atoms with van der Waals surface area (Å²) >= 11 is 0. The molecule has 7 aromatic carbocycles. The minimum atomic E-state index is 1.31. The number of benzene rings is 7. The molecule has 0 amide bonds. The fraction of sp³-hybridized carbons (Fsp3) is 0.211. The Hall–Kier alpha value is -3.90. The van der Waals surface area contributed by atoms with Gasteiger partial charge in [0.2, 0.25) is 0 Å². The predicted molar refractivity (Wildman–Crippen MR) is 177 cm³/mol. The fourth-order valence-electron chi connectivity index (χ4n) is 4.62.